The van der Waals surface area contributed by atoms with E-state index in [9.17, 15) is 14.9 Å². The Hall–Kier alpha value is -3.59. The zero-order valence-electron chi connectivity index (χ0n) is 16.7. The molecular formula is C23H25N3O3. The standard InChI is InChI=1S/C23H25N3O3/c1-3-4-14-29-23(28)20-12-8-9-13-21(20)25-22(27)19(15-24)17-26(2)16-18-10-6-5-7-11-18/h5-13,17H,3-4,14,16H2,1-2H3,(H,25,27)/b19-17-. The van der Waals surface area contributed by atoms with E-state index in [1.807, 2.05) is 43.3 Å². The largest absolute Gasteiger partial charge is 0.462 e. The Morgan fingerprint density at radius 1 is 1.14 bits per heavy atom. The van der Waals surface area contributed by atoms with Crippen LogP contribution in [0.3, 0.4) is 0 Å². The van der Waals surface area contributed by atoms with Gasteiger partial charge in [0.2, 0.25) is 0 Å². The number of esters is 1. The molecule has 0 radical (unpaired) electrons. The van der Waals surface area contributed by atoms with Gasteiger partial charge in [-0.25, -0.2) is 4.79 Å². The van der Waals surface area contributed by atoms with E-state index in [0.29, 0.717) is 18.8 Å². The number of para-hydroxylation sites is 1. The van der Waals surface area contributed by atoms with Crippen molar-refractivity contribution in [3.8, 4) is 6.07 Å². The number of unbranched alkanes of at least 4 members (excludes halogenated alkanes) is 1. The maximum absolute atomic E-state index is 12.6. The summed E-state index contributed by atoms with van der Waals surface area (Å²) >= 11 is 0. The number of amides is 1. The van der Waals surface area contributed by atoms with Crippen molar-refractivity contribution in [2.24, 2.45) is 0 Å². The van der Waals surface area contributed by atoms with Crippen molar-refractivity contribution in [3.05, 3.63) is 77.5 Å². The molecule has 0 spiro atoms. The zero-order valence-corrected chi connectivity index (χ0v) is 16.7. The maximum Gasteiger partial charge on any atom is 0.340 e. The number of hydrogen-bond donors (Lipinski definition) is 1. The molecular weight excluding hydrogens is 366 g/mol. The van der Waals surface area contributed by atoms with E-state index in [-0.39, 0.29) is 11.1 Å². The van der Waals surface area contributed by atoms with E-state index in [1.54, 1.807) is 36.2 Å². The van der Waals surface area contributed by atoms with Crippen molar-refractivity contribution in [1.29, 1.82) is 5.26 Å². The van der Waals surface area contributed by atoms with Crippen LogP contribution in [0.1, 0.15) is 35.7 Å². The Balaban J connectivity index is 2.09. The van der Waals surface area contributed by atoms with Gasteiger partial charge in [0.05, 0.1) is 17.9 Å². The highest BCUT2D eigenvalue weighted by Crippen LogP contribution is 2.17. The lowest BCUT2D eigenvalue weighted by molar-refractivity contribution is -0.112. The lowest BCUT2D eigenvalue weighted by atomic mass is 10.1. The molecule has 0 aliphatic rings. The van der Waals surface area contributed by atoms with Crippen LogP contribution >= 0.6 is 0 Å². The number of benzene rings is 2. The van der Waals surface area contributed by atoms with Crippen LogP contribution in [0.25, 0.3) is 0 Å². The predicted molar refractivity (Wildman–Crippen MR) is 112 cm³/mol. The maximum atomic E-state index is 12.6. The molecule has 2 aromatic carbocycles. The van der Waals surface area contributed by atoms with Gasteiger partial charge >= 0.3 is 5.97 Å². The first-order chi connectivity index (χ1) is 14.0. The van der Waals surface area contributed by atoms with Crippen molar-refractivity contribution in [3.63, 3.8) is 0 Å². The molecule has 2 rings (SSSR count). The second-order valence-corrected chi connectivity index (χ2v) is 6.54. The van der Waals surface area contributed by atoms with Crippen LogP contribution < -0.4 is 5.32 Å². The van der Waals surface area contributed by atoms with Crippen molar-refractivity contribution in [2.45, 2.75) is 26.3 Å². The molecule has 6 heteroatoms. The second-order valence-electron chi connectivity index (χ2n) is 6.54. The lowest BCUT2D eigenvalue weighted by Gasteiger charge is -2.15. The molecule has 0 aliphatic heterocycles. The van der Waals surface area contributed by atoms with Gasteiger partial charge in [-0.3, -0.25) is 4.79 Å². The Morgan fingerprint density at radius 3 is 2.52 bits per heavy atom. The Labute approximate surface area is 171 Å². The molecule has 0 bridgehead atoms. The summed E-state index contributed by atoms with van der Waals surface area (Å²) in [7, 11) is 1.79. The molecule has 0 aliphatic carbocycles. The summed E-state index contributed by atoms with van der Waals surface area (Å²) < 4.78 is 5.23. The molecule has 0 unspecified atom stereocenters. The van der Waals surface area contributed by atoms with Crippen LogP contribution in [-0.4, -0.2) is 30.4 Å². The summed E-state index contributed by atoms with van der Waals surface area (Å²) in [5, 5.41) is 12.1. The van der Waals surface area contributed by atoms with Crippen LogP contribution in [0.2, 0.25) is 0 Å². The van der Waals surface area contributed by atoms with Crippen LogP contribution in [-0.2, 0) is 16.1 Å². The summed E-state index contributed by atoms with van der Waals surface area (Å²) in [5.41, 5.74) is 1.57. The number of ether oxygens (including phenoxy) is 1. The molecule has 0 saturated carbocycles. The molecule has 0 heterocycles. The van der Waals surface area contributed by atoms with Crippen molar-refractivity contribution < 1.29 is 14.3 Å². The van der Waals surface area contributed by atoms with Gasteiger partial charge in [0, 0.05) is 19.8 Å². The molecule has 29 heavy (non-hydrogen) atoms. The summed E-state index contributed by atoms with van der Waals surface area (Å²) in [6.07, 6.45) is 3.18. The highest BCUT2D eigenvalue weighted by molar-refractivity contribution is 6.09. The Bertz CT molecular complexity index is 901. The smallest absolute Gasteiger partial charge is 0.340 e. The number of nitriles is 1. The van der Waals surface area contributed by atoms with Crippen LogP contribution in [0.4, 0.5) is 5.69 Å². The number of hydrogen-bond acceptors (Lipinski definition) is 5. The molecule has 0 atom stereocenters. The lowest BCUT2D eigenvalue weighted by Crippen LogP contribution is -2.20. The molecule has 150 valence electrons. The number of anilines is 1. The third-order valence-corrected chi connectivity index (χ3v) is 4.12. The topological polar surface area (TPSA) is 82.4 Å². The number of rotatable bonds is 9. The van der Waals surface area contributed by atoms with Crippen LogP contribution in [0.5, 0.6) is 0 Å². The fraction of sp³-hybridized carbons (Fsp3) is 0.261. The van der Waals surface area contributed by atoms with E-state index in [0.717, 1.165) is 18.4 Å². The number of nitrogens with zero attached hydrogens (tertiary/aromatic N) is 2. The average Bonchev–Trinajstić information content (AvgIpc) is 2.73. The summed E-state index contributed by atoms with van der Waals surface area (Å²) in [6.45, 7) is 2.89. The van der Waals surface area contributed by atoms with E-state index in [1.165, 1.54) is 6.20 Å². The highest BCUT2D eigenvalue weighted by atomic mass is 16.5. The van der Waals surface area contributed by atoms with Crippen molar-refractivity contribution >= 4 is 17.6 Å². The van der Waals surface area contributed by atoms with Crippen molar-refractivity contribution in [2.75, 3.05) is 19.0 Å². The van der Waals surface area contributed by atoms with E-state index in [2.05, 4.69) is 5.32 Å². The molecule has 1 amide bonds. The SMILES string of the molecule is CCCCOC(=O)c1ccccc1NC(=O)/C(C#N)=C\N(C)Cc1ccccc1. The first-order valence-electron chi connectivity index (χ1n) is 9.48. The molecule has 1 N–H and O–H groups in total. The summed E-state index contributed by atoms with van der Waals surface area (Å²) in [4.78, 5) is 26.6. The van der Waals surface area contributed by atoms with E-state index >= 15 is 0 Å². The molecule has 0 aromatic heterocycles. The van der Waals surface area contributed by atoms with Crippen molar-refractivity contribution in [1.82, 2.24) is 4.90 Å². The van der Waals surface area contributed by atoms with Gasteiger partial charge in [0.25, 0.3) is 5.91 Å². The molecule has 0 fully saturated rings. The van der Waals surface area contributed by atoms with Gasteiger partial charge in [-0.05, 0) is 24.1 Å². The monoisotopic (exact) mass is 391 g/mol. The number of carbonyl (C=O) groups is 2. The number of nitrogens with one attached hydrogen (secondary N) is 1. The third-order valence-electron chi connectivity index (χ3n) is 4.12. The quantitative estimate of drug-likeness (QED) is 0.301. The summed E-state index contributed by atoms with van der Waals surface area (Å²) in [6, 6.07) is 18.2. The Kier molecular flexibility index (Phi) is 8.46. The minimum atomic E-state index is -0.582. The van der Waals surface area contributed by atoms with Gasteiger partial charge in [0.15, 0.2) is 0 Å². The number of carbonyl (C=O) groups excluding carboxylic acids is 2. The van der Waals surface area contributed by atoms with Gasteiger partial charge in [0.1, 0.15) is 11.6 Å². The predicted octanol–water partition coefficient (Wildman–Crippen LogP) is 4.12. The molecule has 6 nitrogen and oxygen atoms in total. The summed E-state index contributed by atoms with van der Waals surface area (Å²) in [5.74, 6) is -1.08. The zero-order chi connectivity index (χ0) is 21.1. The first-order valence-corrected chi connectivity index (χ1v) is 9.48. The molecule has 2 aromatic rings. The van der Waals surface area contributed by atoms with Gasteiger partial charge in [-0.15, -0.1) is 0 Å². The Morgan fingerprint density at radius 2 is 1.83 bits per heavy atom. The minimum Gasteiger partial charge on any atom is -0.462 e. The average molecular weight is 391 g/mol. The van der Waals surface area contributed by atoms with Gasteiger partial charge < -0.3 is 15.0 Å². The normalized spacial score (nSPS) is 10.7. The van der Waals surface area contributed by atoms with Gasteiger partial charge in [-0.1, -0.05) is 55.8 Å². The van der Waals surface area contributed by atoms with E-state index in [4.69, 9.17) is 4.74 Å². The second kappa shape index (κ2) is 11.3. The van der Waals surface area contributed by atoms with Crippen LogP contribution in [0, 0.1) is 11.3 Å². The van der Waals surface area contributed by atoms with Crippen LogP contribution in [0.15, 0.2) is 66.4 Å². The molecule has 0 saturated heterocycles. The highest BCUT2D eigenvalue weighted by Gasteiger charge is 2.17. The fourth-order valence-corrected chi connectivity index (χ4v) is 2.62. The van der Waals surface area contributed by atoms with E-state index < -0.39 is 11.9 Å². The fourth-order valence-electron chi connectivity index (χ4n) is 2.62. The third kappa shape index (κ3) is 6.82. The first kappa shape index (κ1) is 21.7. The minimum absolute atomic E-state index is 0.0578. The van der Waals surface area contributed by atoms with Gasteiger partial charge in [-0.2, -0.15) is 5.26 Å².